The molecule has 1 aromatic heterocycles. The van der Waals surface area contributed by atoms with Crippen LogP contribution in [0.2, 0.25) is 0 Å². The van der Waals surface area contributed by atoms with Crippen LogP contribution in [0.25, 0.3) is 0 Å². The summed E-state index contributed by atoms with van der Waals surface area (Å²) in [5.41, 5.74) is 5.65. The zero-order valence-corrected chi connectivity index (χ0v) is 10.6. The zero-order valence-electron chi connectivity index (χ0n) is 9.76. The lowest BCUT2D eigenvalue weighted by Gasteiger charge is -2.18. The first-order valence-electron chi connectivity index (χ1n) is 5.62. The van der Waals surface area contributed by atoms with E-state index >= 15 is 0 Å². The van der Waals surface area contributed by atoms with Gasteiger partial charge in [-0.25, -0.2) is 4.63 Å². The number of nitrogens with zero attached hydrogens (tertiary/aromatic N) is 3. The van der Waals surface area contributed by atoms with Crippen molar-refractivity contribution in [3.05, 3.63) is 5.69 Å². The fourth-order valence-electron chi connectivity index (χ4n) is 2.00. The van der Waals surface area contributed by atoms with Crippen molar-refractivity contribution in [1.82, 2.24) is 15.2 Å². The number of likely N-dealkylation sites (tertiary alicyclic amines) is 1. The molecular weight excluding hydrogens is 240 g/mol. The van der Waals surface area contributed by atoms with Crippen LogP contribution in [0.5, 0.6) is 0 Å². The van der Waals surface area contributed by atoms with Gasteiger partial charge in [-0.15, -0.1) is 0 Å². The minimum Gasteiger partial charge on any atom is -0.379 e. The number of hydrogen-bond acceptors (Lipinski definition) is 6. The number of carbonyl (C=O) groups excluding carboxylic acids is 1. The van der Waals surface area contributed by atoms with E-state index in [0.29, 0.717) is 5.25 Å². The van der Waals surface area contributed by atoms with Crippen molar-refractivity contribution in [2.75, 3.05) is 25.1 Å². The second-order valence-corrected chi connectivity index (χ2v) is 5.22. The molecule has 1 fully saturated rings. The van der Waals surface area contributed by atoms with Crippen molar-refractivity contribution >= 4 is 23.5 Å². The summed E-state index contributed by atoms with van der Waals surface area (Å²) in [5.74, 6) is -0.105. The SMILES string of the molecule is CSC1CCCN(C(=O)c2nonc2N)CC1. The number of nitrogen functional groups attached to an aromatic ring is 1. The molecule has 6 nitrogen and oxygen atoms in total. The van der Waals surface area contributed by atoms with E-state index in [2.05, 4.69) is 21.2 Å². The van der Waals surface area contributed by atoms with Crippen molar-refractivity contribution < 1.29 is 9.42 Å². The summed E-state index contributed by atoms with van der Waals surface area (Å²) in [6.07, 6.45) is 5.29. The van der Waals surface area contributed by atoms with Crippen LogP contribution in [0.1, 0.15) is 29.8 Å². The van der Waals surface area contributed by atoms with Crippen molar-refractivity contribution in [2.24, 2.45) is 0 Å². The van der Waals surface area contributed by atoms with Gasteiger partial charge in [0, 0.05) is 18.3 Å². The first-order valence-corrected chi connectivity index (χ1v) is 6.91. The first-order chi connectivity index (χ1) is 8.22. The Balaban J connectivity index is 2.03. The van der Waals surface area contributed by atoms with Crippen LogP contribution in [-0.2, 0) is 0 Å². The third kappa shape index (κ3) is 2.71. The molecule has 1 aromatic rings. The van der Waals surface area contributed by atoms with Crippen LogP contribution in [0, 0.1) is 0 Å². The fraction of sp³-hybridized carbons (Fsp3) is 0.700. The Kier molecular flexibility index (Phi) is 3.88. The molecule has 0 radical (unpaired) electrons. The monoisotopic (exact) mass is 256 g/mol. The molecule has 1 aliphatic heterocycles. The number of carbonyl (C=O) groups is 1. The van der Waals surface area contributed by atoms with E-state index < -0.39 is 0 Å². The summed E-state index contributed by atoms with van der Waals surface area (Å²) in [4.78, 5) is 13.9. The Bertz CT molecular complexity index is 395. The molecule has 94 valence electrons. The van der Waals surface area contributed by atoms with Crippen LogP contribution in [0.3, 0.4) is 0 Å². The molecule has 17 heavy (non-hydrogen) atoms. The molecule has 0 spiro atoms. The highest BCUT2D eigenvalue weighted by Crippen LogP contribution is 2.22. The Morgan fingerprint density at radius 1 is 1.47 bits per heavy atom. The number of nitrogens with two attached hydrogens (primary N) is 1. The average Bonchev–Trinajstić information content (AvgIpc) is 2.64. The summed E-state index contributed by atoms with van der Waals surface area (Å²) in [6, 6.07) is 0. The van der Waals surface area contributed by atoms with E-state index in [1.54, 1.807) is 4.90 Å². The second kappa shape index (κ2) is 5.39. The highest BCUT2D eigenvalue weighted by molar-refractivity contribution is 7.99. The van der Waals surface area contributed by atoms with E-state index in [9.17, 15) is 4.79 Å². The molecular formula is C10H16N4O2S. The lowest BCUT2D eigenvalue weighted by atomic mass is 10.2. The molecule has 7 heteroatoms. The topological polar surface area (TPSA) is 85.2 Å². The summed E-state index contributed by atoms with van der Waals surface area (Å²) in [6.45, 7) is 1.50. The molecule has 1 amide bonds. The van der Waals surface area contributed by atoms with Crippen LogP contribution in [0.15, 0.2) is 4.63 Å². The second-order valence-electron chi connectivity index (χ2n) is 4.08. The maximum atomic E-state index is 12.1. The number of amides is 1. The van der Waals surface area contributed by atoms with Crippen molar-refractivity contribution in [3.63, 3.8) is 0 Å². The maximum absolute atomic E-state index is 12.1. The largest absolute Gasteiger partial charge is 0.379 e. The normalized spacial score (nSPS) is 21.2. The Morgan fingerprint density at radius 2 is 2.29 bits per heavy atom. The summed E-state index contributed by atoms with van der Waals surface area (Å²) in [5, 5.41) is 7.62. The quantitative estimate of drug-likeness (QED) is 0.850. The average molecular weight is 256 g/mol. The third-order valence-corrected chi connectivity index (χ3v) is 4.15. The number of hydrogen-bond donors (Lipinski definition) is 1. The first kappa shape index (κ1) is 12.2. The lowest BCUT2D eigenvalue weighted by Crippen LogP contribution is -2.32. The predicted octanol–water partition coefficient (Wildman–Crippen LogP) is 1.01. The van der Waals surface area contributed by atoms with Crippen molar-refractivity contribution in [2.45, 2.75) is 24.5 Å². The molecule has 0 saturated carbocycles. The van der Waals surface area contributed by atoms with Gasteiger partial charge in [0.1, 0.15) is 0 Å². The molecule has 2 rings (SSSR count). The molecule has 1 unspecified atom stereocenters. The van der Waals surface area contributed by atoms with Gasteiger partial charge in [-0.1, -0.05) is 0 Å². The van der Waals surface area contributed by atoms with Gasteiger partial charge in [-0.2, -0.15) is 11.8 Å². The van der Waals surface area contributed by atoms with Gasteiger partial charge in [-0.05, 0) is 35.8 Å². The number of rotatable bonds is 2. The molecule has 0 aromatic carbocycles. The molecule has 0 bridgehead atoms. The standard InChI is InChI=1S/C10H16N4O2S/c1-17-7-3-2-5-14(6-4-7)10(15)8-9(11)13-16-12-8/h7H,2-6H2,1H3,(H2,11,13). The van der Waals surface area contributed by atoms with Gasteiger partial charge in [0.05, 0.1) is 0 Å². The minimum absolute atomic E-state index is 0.0701. The minimum atomic E-state index is -0.175. The Hall–Kier alpha value is -1.24. The zero-order chi connectivity index (χ0) is 12.3. The van der Waals surface area contributed by atoms with E-state index in [0.717, 1.165) is 32.4 Å². The van der Waals surface area contributed by atoms with Crippen molar-refractivity contribution in [3.8, 4) is 0 Å². The van der Waals surface area contributed by atoms with Crippen LogP contribution >= 0.6 is 11.8 Å². The predicted molar refractivity (Wildman–Crippen MR) is 65.8 cm³/mol. The molecule has 1 saturated heterocycles. The smallest absolute Gasteiger partial charge is 0.280 e. The number of thioether (sulfide) groups is 1. The third-order valence-electron chi connectivity index (χ3n) is 3.01. The van der Waals surface area contributed by atoms with E-state index in [1.807, 2.05) is 11.8 Å². The summed E-state index contributed by atoms with van der Waals surface area (Å²) < 4.78 is 4.45. The van der Waals surface area contributed by atoms with E-state index in [-0.39, 0.29) is 17.4 Å². The molecule has 1 atom stereocenters. The Labute approximate surface area is 104 Å². The fourth-order valence-corrected chi connectivity index (χ4v) is 2.74. The van der Waals surface area contributed by atoms with Crippen LogP contribution in [-0.4, -0.2) is 45.7 Å². The summed E-state index contributed by atoms with van der Waals surface area (Å²) >= 11 is 1.86. The number of anilines is 1. The Morgan fingerprint density at radius 3 is 2.94 bits per heavy atom. The van der Waals surface area contributed by atoms with Crippen LogP contribution < -0.4 is 5.73 Å². The molecule has 2 heterocycles. The van der Waals surface area contributed by atoms with Gasteiger partial charge < -0.3 is 10.6 Å². The highest BCUT2D eigenvalue weighted by atomic mass is 32.2. The maximum Gasteiger partial charge on any atom is 0.280 e. The van der Waals surface area contributed by atoms with E-state index in [4.69, 9.17) is 5.73 Å². The molecule has 2 N–H and O–H groups in total. The van der Waals surface area contributed by atoms with Gasteiger partial charge in [-0.3, -0.25) is 4.79 Å². The van der Waals surface area contributed by atoms with Gasteiger partial charge >= 0.3 is 0 Å². The lowest BCUT2D eigenvalue weighted by molar-refractivity contribution is 0.0751. The molecule has 1 aliphatic rings. The van der Waals surface area contributed by atoms with Gasteiger partial charge in [0.25, 0.3) is 5.91 Å². The van der Waals surface area contributed by atoms with Crippen molar-refractivity contribution in [1.29, 1.82) is 0 Å². The van der Waals surface area contributed by atoms with E-state index in [1.165, 1.54) is 0 Å². The molecule has 0 aliphatic carbocycles. The summed E-state index contributed by atoms with van der Waals surface area (Å²) in [7, 11) is 0. The highest BCUT2D eigenvalue weighted by Gasteiger charge is 2.25. The number of aromatic nitrogens is 2. The van der Waals surface area contributed by atoms with Crippen LogP contribution in [0.4, 0.5) is 5.82 Å². The van der Waals surface area contributed by atoms with Gasteiger partial charge in [0.2, 0.25) is 11.5 Å². The van der Waals surface area contributed by atoms with Gasteiger partial charge in [0.15, 0.2) is 0 Å².